The minimum Gasteiger partial charge on any atom is -0.489 e. The highest BCUT2D eigenvalue weighted by Crippen LogP contribution is 2.25. The maximum absolute atomic E-state index is 12.3. The van der Waals surface area contributed by atoms with E-state index < -0.39 is 12.2 Å². The van der Waals surface area contributed by atoms with Crippen molar-refractivity contribution < 1.29 is 28.6 Å². The summed E-state index contributed by atoms with van der Waals surface area (Å²) < 4.78 is 17.2. The molecule has 1 aromatic heterocycles. The van der Waals surface area contributed by atoms with Gasteiger partial charge >= 0.3 is 12.1 Å². The Kier molecular flexibility index (Phi) is 12.7. The molecular formula is C33H41N5O6. The van der Waals surface area contributed by atoms with Gasteiger partial charge in [0.2, 0.25) is 5.95 Å². The van der Waals surface area contributed by atoms with Crippen LogP contribution in [0.4, 0.5) is 15.5 Å². The van der Waals surface area contributed by atoms with Gasteiger partial charge < -0.3 is 24.8 Å². The van der Waals surface area contributed by atoms with Gasteiger partial charge in [-0.05, 0) is 60.7 Å². The number of aromatic nitrogens is 2. The second-order valence-electron chi connectivity index (χ2n) is 9.95. The molecule has 234 valence electrons. The van der Waals surface area contributed by atoms with Gasteiger partial charge in [-0.3, -0.25) is 10.1 Å². The average molecular weight is 604 g/mol. The maximum atomic E-state index is 12.3. The van der Waals surface area contributed by atoms with Crippen molar-refractivity contribution in [2.45, 2.75) is 46.3 Å². The molecular weight excluding hydrogens is 562 g/mol. The summed E-state index contributed by atoms with van der Waals surface area (Å²) in [7, 11) is 4.38. The van der Waals surface area contributed by atoms with Crippen LogP contribution in [0.25, 0.3) is 11.0 Å². The molecule has 0 saturated heterocycles. The van der Waals surface area contributed by atoms with Gasteiger partial charge in [0, 0.05) is 20.7 Å². The van der Waals surface area contributed by atoms with E-state index >= 15 is 0 Å². The van der Waals surface area contributed by atoms with Gasteiger partial charge in [0.1, 0.15) is 12.4 Å². The van der Waals surface area contributed by atoms with Gasteiger partial charge in [0.25, 0.3) is 5.91 Å². The van der Waals surface area contributed by atoms with Crippen molar-refractivity contribution in [3.63, 3.8) is 0 Å². The Morgan fingerprint density at radius 1 is 0.977 bits per heavy atom. The predicted octanol–water partition coefficient (Wildman–Crippen LogP) is 5.89. The van der Waals surface area contributed by atoms with Crippen LogP contribution >= 0.6 is 0 Å². The first-order valence-corrected chi connectivity index (χ1v) is 14.4. The normalized spacial score (nSPS) is 11.1. The second kappa shape index (κ2) is 16.7. The fraction of sp³-hybridized carbons (Fsp3) is 0.333. The van der Waals surface area contributed by atoms with E-state index in [1.54, 1.807) is 19.2 Å². The number of methoxy groups -OCH3 is 2. The minimum atomic E-state index is -0.673. The van der Waals surface area contributed by atoms with Gasteiger partial charge in [0.15, 0.2) is 6.10 Å². The monoisotopic (exact) mass is 603 g/mol. The third-order valence-electron chi connectivity index (χ3n) is 6.75. The number of likely N-dealkylation sites (N-methyl/N-ethyl adjacent to an activating group) is 1. The highest BCUT2D eigenvalue weighted by molar-refractivity contribution is 5.96. The quantitative estimate of drug-likeness (QED) is 0.193. The smallest absolute Gasteiger partial charge is 0.413 e. The molecule has 0 bridgehead atoms. The van der Waals surface area contributed by atoms with E-state index in [9.17, 15) is 14.4 Å². The summed E-state index contributed by atoms with van der Waals surface area (Å²) >= 11 is 0. The number of nitrogens with one attached hydrogen (secondary N) is 3. The molecule has 0 saturated carbocycles. The second-order valence-corrected chi connectivity index (χ2v) is 9.95. The third-order valence-corrected chi connectivity index (χ3v) is 6.75. The van der Waals surface area contributed by atoms with E-state index in [-0.39, 0.29) is 17.9 Å². The number of carbonyl (C=O) groups is 3. The summed E-state index contributed by atoms with van der Waals surface area (Å²) in [5.74, 6) is 0.817. The number of hydrogen-bond acceptors (Lipinski definition) is 7. The Hall–Kier alpha value is -4.90. The topological polar surface area (TPSA) is 133 Å². The number of amides is 3. The number of ether oxygens (including phenoxy) is 3. The maximum Gasteiger partial charge on any atom is 0.413 e. The molecule has 0 radical (unpaired) electrons. The fourth-order valence-corrected chi connectivity index (χ4v) is 4.35. The van der Waals surface area contributed by atoms with Gasteiger partial charge in [0.05, 0.1) is 18.1 Å². The lowest BCUT2D eigenvalue weighted by molar-refractivity contribution is -0.130. The van der Waals surface area contributed by atoms with Crippen molar-refractivity contribution in [1.82, 2.24) is 20.2 Å². The number of carbonyl (C=O) groups excluding carboxylic acids is 3. The highest BCUT2D eigenvalue weighted by Gasteiger charge is 2.22. The van der Waals surface area contributed by atoms with Crippen LogP contribution in [0.15, 0.2) is 66.7 Å². The van der Waals surface area contributed by atoms with Crippen molar-refractivity contribution >= 4 is 35.0 Å². The zero-order valence-corrected chi connectivity index (χ0v) is 26.1. The van der Waals surface area contributed by atoms with Crippen LogP contribution in [-0.2, 0) is 20.9 Å². The molecule has 4 rings (SSSR count). The summed E-state index contributed by atoms with van der Waals surface area (Å²) in [4.78, 5) is 39.9. The third kappa shape index (κ3) is 8.81. The van der Waals surface area contributed by atoms with Crippen LogP contribution in [0.3, 0.4) is 0 Å². The first-order chi connectivity index (χ1) is 21.2. The van der Waals surface area contributed by atoms with Gasteiger partial charge in [-0.2, -0.15) is 0 Å². The predicted molar refractivity (Wildman–Crippen MR) is 170 cm³/mol. The number of imidazole rings is 1. The van der Waals surface area contributed by atoms with E-state index in [0.717, 1.165) is 40.8 Å². The van der Waals surface area contributed by atoms with E-state index in [0.29, 0.717) is 24.2 Å². The van der Waals surface area contributed by atoms with Crippen LogP contribution < -0.4 is 20.7 Å². The molecule has 0 aliphatic rings. The van der Waals surface area contributed by atoms with E-state index in [1.807, 2.05) is 69.3 Å². The Labute approximate surface area is 257 Å². The number of rotatable bonds is 10. The Morgan fingerprint density at radius 2 is 1.70 bits per heavy atom. The molecule has 1 heterocycles. The van der Waals surface area contributed by atoms with Gasteiger partial charge in [-0.1, -0.05) is 61.9 Å². The standard InChI is InChI=1S/C19H23NO3.C14H18N4O3/c1-13-9-10-14(2)17(11-13)23-12-15-7-5-6-8-16(15)18(22-4)19(21)20-3;1-3-4-9-15-13(19)18-11-8-6-5-7-10(11)16-12(18)17-14(20)21-2/h5-11,18H,12H2,1-4H3,(H,20,21);5-8H,3-4,9H2,1-2H3,(H,15,19)(H,16,17,20). The molecule has 3 aromatic carbocycles. The summed E-state index contributed by atoms with van der Waals surface area (Å²) in [6.07, 6.45) is 0.558. The zero-order chi connectivity index (χ0) is 32.1. The van der Waals surface area contributed by atoms with Crippen molar-refractivity contribution in [3.8, 4) is 5.75 Å². The molecule has 0 fully saturated rings. The number of para-hydroxylation sites is 2. The van der Waals surface area contributed by atoms with Crippen LogP contribution in [0.5, 0.6) is 5.75 Å². The summed E-state index contributed by atoms with van der Waals surface area (Å²) in [6.45, 7) is 7.05. The number of hydrogen-bond donors (Lipinski definition) is 3. The molecule has 1 unspecified atom stereocenters. The number of nitrogens with zero attached hydrogens (tertiary/aromatic N) is 2. The molecule has 11 heteroatoms. The molecule has 0 aliphatic heterocycles. The number of benzene rings is 3. The van der Waals surface area contributed by atoms with E-state index in [1.165, 1.54) is 18.8 Å². The SMILES string of the molecule is CCCCNC(=O)n1c(NC(=O)OC)nc2ccccc21.CNC(=O)C(OC)c1ccccc1COc1cc(C)ccc1C. The summed E-state index contributed by atoms with van der Waals surface area (Å²) in [6, 6.07) is 20.6. The lowest BCUT2D eigenvalue weighted by Crippen LogP contribution is -2.31. The molecule has 11 nitrogen and oxygen atoms in total. The molecule has 3 N–H and O–H groups in total. The average Bonchev–Trinajstić information content (AvgIpc) is 3.40. The van der Waals surface area contributed by atoms with Gasteiger partial charge in [-0.15, -0.1) is 0 Å². The Morgan fingerprint density at radius 3 is 2.41 bits per heavy atom. The number of aryl methyl sites for hydroxylation is 2. The lowest BCUT2D eigenvalue weighted by Gasteiger charge is -2.18. The van der Waals surface area contributed by atoms with E-state index in [4.69, 9.17) is 9.47 Å². The molecule has 3 amide bonds. The lowest BCUT2D eigenvalue weighted by atomic mass is 10.0. The Bertz CT molecular complexity index is 1570. The first kappa shape index (κ1) is 33.6. The van der Waals surface area contributed by atoms with Crippen LogP contribution in [0.1, 0.15) is 48.1 Å². The van der Waals surface area contributed by atoms with Crippen molar-refractivity contribution in [3.05, 3.63) is 89.0 Å². The number of anilines is 1. The first-order valence-electron chi connectivity index (χ1n) is 14.4. The number of unbranched alkanes of at least 4 members (excludes halogenated alkanes) is 1. The van der Waals surface area contributed by atoms with Crippen molar-refractivity contribution in [2.24, 2.45) is 0 Å². The van der Waals surface area contributed by atoms with Crippen LogP contribution in [0, 0.1) is 13.8 Å². The summed E-state index contributed by atoms with van der Waals surface area (Å²) in [5, 5.41) is 7.88. The van der Waals surface area contributed by atoms with E-state index in [2.05, 4.69) is 31.7 Å². The summed E-state index contributed by atoms with van der Waals surface area (Å²) in [5.41, 5.74) is 5.23. The highest BCUT2D eigenvalue weighted by atomic mass is 16.5. The minimum absolute atomic E-state index is 0.136. The molecule has 0 spiro atoms. The molecule has 1 atom stereocenters. The Balaban J connectivity index is 0.000000241. The van der Waals surface area contributed by atoms with Crippen LogP contribution in [0.2, 0.25) is 0 Å². The van der Waals surface area contributed by atoms with Crippen LogP contribution in [-0.4, -0.2) is 55.4 Å². The molecule has 0 aliphatic carbocycles. The number of fused-ring (bicyclic) bond motifs is 1. The van der Waals surface area contributed by atoms with Crippen molar-refractivity contribution in [2.75, 3.05) is 33.1 Å². The largest absolute Gasteiger partial charge is 0.489 e. The molecule has 4 aromatic rings. The molecule has 44 heavy (non-hydrogen) atoms. The van der Waals surface area contributed by atoms with Gasteiger partial charge in [-0.25, -0.2) is 19.1 Å². The van der Waals surface area contributed by atoms with Crippen molar-refractivity contribution in [1.29, 1.82) is 0 Å². The zero-order valence-electron chi connectivity index (χ0n) is 26.1. The fourth-order valence-electron chi connectivity index (χ4n) is 4.35.